The molecule has 0 bridgehead atoms. The minimum atomic E-state index is -1.81. The molecule has 0 aromatic heterocycles. The van der Waals surface area contributed by atoms with Crippen molar-refractivity contribution < 1.29 is 18.7 Å². The van der Waals surface area contributed by atoms with Crippen molar-refractivity contribution in [2.24, 2.45) is 0 Å². The first-order chi connectivity index (χ1) is 7.67. The van der Waals surface area contributed by atoms with Gasteiger partial charge in [0.15, 0.2) is 20.4 Å². The topological polar surface area (TPSA) is 44.8 Å². The van der Waals surface area contributed by atoms with E-state index in [0.29, 0.717) is 13.0 Å². The summed E-state index contributed by atoms with van der Waals surface area (Å²) in [6, 6.07) is 0. The molecule has 0 aliphatic carbocycles. The second-order valence-corrected chi connectivity index (χ2v) is 10.8. The van der Waals surface area contributed by atoms with E-state index in [0.717, 1.165) is 0 Å². The number of hydrogen-bond donors (Lipinski definition) is 0. The Bertz CT molecular complexity index is 283. The molecule has 0 amide bonds. The van der Waals surface area contributed by atoms with Gasteiger partial charge >= 0.3 is 0 Å². The van der Waals surface area contributed by atoms with Crippen molar-refractivity contribution in [3.63, 3.8) is 0 Å². The van der Waals surface area contributed by atoms with Crippen molar-refractivity contribution in [1.29, 1.82) is 0 Å². The van der Waals surface area contributed by atoms with Crippen LogP contribution in [0.2, 0.25) is 18.1 Å². The normalized spacial score (nSPS) is 26.6. The Morgan fingerprint density at radius 2 is 2.00 bits per heavy atom. The summed E-state index contributed by atoms with van der Waals surface area (Å²) in [5, 5.41) is 0.148. The highest BCUT2D eigenvalue weighted by atomic mass is 28.4. The number of ether oxygens (including phenoxy) is 2. The highest BCUT2D eigenvalue weighted by Crippen LogP contribution is 2.36. The van der Waals surface area contributed by atoms with Crippen molar-refractivity contribution in [1.82, 2.24) is 0 Å². The lowest BCUT2D eigenvalue weighted by molar-refractivity contribution is -0.133. The Morgan fingerprint density at radius 3 is 2.41 bits per heavy atom. The summed E-state index contributed by atoms with van der Waals surface area (Å²) in [6.45, 7) is 11.2. The maximum absolute atomic E-state index is 11.6. The summed E-state index contributed by atoms with van der Waals surface area (Å²) in [7, 11) is -0.257. The Kier molecular flexibility index (Phi) is 4.52. The molecule has 1 fully saturated rings. The van der Waals surface area contributed by atoms with Gasteiger partial charge in [0.25, 0.3) is 0 Å². The lowest BCUT2D eigenvalue weighted by atomic mass is 10.2. The minimum Gasteiger partial charge on any atom is -0.414 e. The number of methoxy groups -OCH3 is 1. The number of rotatable bonds is 4. The van der Waals surface area contributed by atoms with Gasteiger partial charge < -0.3 is 13.9 Å². The predicted octanol–water partition coefficient (Wildman–Crippen LogP) is 2.34. The van der Waals surface area contributed by atoms with Crippen LogP contribution in [-0.4, -0.2) is 40.2 Å². The largest absolute Gasteiger partial charge is 0.414 e. The Morgan fingerprint density at radius 1 is 1.41 bits per heavy atom. The molecule has 1 saturated heterocycles. The monoisotopic (exact) mass is 260 g/mol. The molecule has 0 aromatic rings. The van der Waals surface area contributed by atoms with Crippen LogP contribution in [0.15, 0.2) is 0 Å². The highest BCUT2D eigenvalue weighted by molar-refractivity contribution is 6.74. The number of ketones is 1. The van der Waals surface area contributed by atoms with Crippen molar-refractivity contribution in [2.45, 2.75) is 57.7 Å². The molecule has 0 aromatic carbocycles. The van der Waals surface area contributed by atoms with Crippen LogP contribution in [0.4, 0.5) is 0 Å². The van der Waals surface area contributed by atoms with Gasteiger partial charge in [-0.3, -0.25) is 4.79 Å². The van der Waals surface area contributed by atoms with Crippen LogP contribution in [0.5, 0.6) is 0 Å². The molecule has 0 spiro atoms. The fourth-order valence-corrected chi connectivity index (χ4v) is 2.38. The quantitative estimate of drug-likeness (QED) is 0.728. The maximum Gasteiger partial charge on any atom is 0.192 e. The van der Waals surface area contributed by atoms with Gasteiger partial charge in [0.05, 0.1) is 13.0 Å². The first-order valence-corrected chi connectivity index (χ1v) is 8.93. The fraction of sp³-hybridized carbons (Fsp3) is 0.917. The zero-order valence-corrected chi connectivity index (χ0v) is 12.7. The van der Waals surface area contributed by atoms with Gasteiger partial charge in [-0.15, -0.1) is 0 Å². The molecule has 1 aliphatic rings. The summed E-state index contributed by atoms with van der Waals surface area (Å²) < 4.78 is 16.5. The summed E-state index contributed by atoms with van der Waals surface area (Å²) in [5.74, 6) is 0.0792. The van der Waals surface area contributed by atoms with Gasteiger partial charge in [-0.1, -0.05) is 20.8 Å². The van der Waals surface area contributed by atoms with Gasteiger partial charge in [0, 0.05) is 7.11 Å². The van der Waals surface area contributed by atoms with Crippen LogP contribution < -0.4 is 0 Å². The van der Waals surface area contributed by atoms with Crippen LogP contribution in [0, 0.1) is 0 Å². The van der Waals surface area contributed by atoms with Crippen molar-refractivity contribution >= 4 is 14.1 Å². The molecule has 4 nitrogen and oxygen atoms in total. The first-order valence-electron chi connectivity index (χ1n) is 6.02. The van der Waals surface area contributed by atoms with E-state index in [-0.39, 0.29) is 10.8 Å². The summed E-state index contributed by atoms with van der Waals surface area (Å²) in [5.41, 5.74) is 0. The standard InChI is InChI=1S/C12H24O4Si/c1-12(2,3)17(5,6)15-8-10-9(13)7-11(14-4)16-10/h10-11H,7-8H2,1-6H3/t10-,11+/m1/s1. The van der Waals surface area contributed by atoms with E-state index in [1.165, 1.54) is 0 Å². The van der Waals surface area contributed by atoms with E-state index in [4.69, 9.17) is 13.9 Å². The van der Waals surface area contributed by atoms with Gasteiger partial charge in [0.1, 0.15) is 6.10 Å². The Hall–Kier alpha value is -0.233. The Balaban J connectivity index is 2.49. The Labute approximate surface area is 105 Å². The van der Waals surface area contributed by atoms with Gasteiger partial charge in [-0.2, -0.15) is 0 Å². The molecule has 1 rings (SSSR count). The summed E-state index contributed by atoms with van der Waals surface area (Å²) in [4.78, 5) is 11.6. The van der Waals surface area contributed by atoms with Crippen LogP contribution in [-0.2, 0) is 18.7 Å². The molecule has 2 atom stereocenters. The lowest BCUT2D eigenvalue weighted by Gasteiger charge is -2.36. The zero-order valence-electron chi connectivity index (χ0n) is 11.7. The van der Waals surface area contributed by atoms with E-state index in [1.54, 1.807) is 7.11 Å². The molecule has 0 radical (unpaired) electrons. The van der Waals surface area contributed by atoms with E-state index in [1.807, 2.05) is 0 Å². The average Bonchev–Trinajstić information content (AvgIpc) is 2.55. The molecule has 0 unspecified atom stereocenters. The number of carbonyl (C=O) groups excluding carboxylic acids is 1. The molecule has 100 valence electrons. The third-order valence-corrected chi connectivity index (χ3v) is 8.21. The molecule has 0 saturated carbocycles. The maximum atomic E-state index is 11.6. The molecule has 5 heteroatoms. The fourth-order valence-electron chi connectivity index (χ4n) is 1.37. The van der Waals surface area contributed by atoms with E-state index in [2.05, 4.69) is 33.9 Å². The van der Waals surface area contributed by atoms with E-state index in [9.17, 15) is 4.79 Å². The molecule has 17 heavy (non-hydrogen) atoms. The zero-order chi connectivity index (χ0) is 13.3. The van der Waals surface area contributed by atoms with Gasteiger partial charge in [-0.05, 0) is 18.1 Å². The van der Waals surface area contributed by atoms with Crippen LogP contribution in [0.1, 0.15) is 27.2 Å². The van der Waals surface area contributed by atoms with Crippen LogP contribution in [0.3, 0.4) is 0 Å². The summed E-state index contributed by atoms with van der Waals surface area (Å²) in [6.07, 6.45) is -0.508. The molecular formula is C12H24O4Si. The van der Waals surface area contributed by atoms with Crippen LogP contribution >= 0.6 is 0 Å². The minimum absolute atomic E-state index is 0.0792. The van der Waals surface area contributed by atoms with Crippen molar-refractivity contribution in [3.05, 3.63) is 0 Å². The predicted molar refractivity (Wildman–Crippen MR) is 68.4 cm³/mol. The first kappa shape index (κ1) is 14.8. The van der Waals surface area contributed by atoms with Gasteiger partial charge in [-0.25, -0.2) is 0 Å². The lowest BCUT2D eigenvalue weighted by Crippen LogP contribution is -2.43. The third kappa shape index (κ3) is 3.61. The van der Waals surface area contributed by atoms with E-state index >= 15 is 0 Å². The van der Waals surface area contributed by atoms with E-state index < -0.39 is 20.7 Å². The number of carbonyl (C=O) groups is 1. The molecule has 1 aliphatic heterocycles. The van der Waals surface area contributed by atoms with Crippen LogP contribution in [0.25, 0.3) is 0 Å². The third-order valence-electron chi connectivity index (χ3n) is 3.71. The summed E-state index contributed by atoms with van der Waals surface area (Å²) >= 11 is 0. The number of hydrogen-bond acceptors (Lipinski definition) is 4. The molecule has 0 N–H and O–H groups in total. The van der Waals surface area contributed by atoms with Crippen molar-refractivity contribution in [2.75, 3.05) is 13.7 Å². The number of Topliss-reactive ketones (excluding diaryl/α,β-unsaturated/α-hetero) is 1. The second kappa shape index (κ2) is 5.18. The average molecular weight is 260 g/mol. The van der Waals surface area contributed by atoms with Crippen molar-refractivity contribution in [3.8, 4) is 0 Å². The SMILES string of the molecule is CO[C@@H]1CC(=O)[C@@H](CO[Si](C)(C)C(C)(C)C)O1. The molecule has 1 heterocycles. The second-order valence-electron chi connectivity index (χ2n) is 6.03. The smallest absolute Gasteiger partial charge is 0.192 e. The molecular weight excluding hydrogens is 236 g/mol. The van der Waals surface area contributed by atoms with Gasteiger partial charge in [0.2, 0.25) is 0 Å². The highest BCUT2D eigenvalue weighted by Gasteiger charge is 2.40.